The summed E-state index contributed by atoms with van der Waals surface area (Å²) in [5.74, 6) is -1.01. The van der Waals surface area contributed by atoms with Gasteiger partial charge in [0.25, 0.3) is 0 Å². The van der Waals surface area contributed by atoms with Crippen molar-refractivity contribution in [3.05, 3.63) is 22.4 Å². The van der Waals surface area contributed by atoms with Crippen molar-refractivity contribution < 1.29 is 14.4 Å². The summed E-state index contributed by atoms with van der Waals surface area (Å²) in [6, 6.07) is 3.05. The lowest BCUT2D eigenvalue weighted by molar-refractivity contribution is -0.149. The number of thiophene rings is 1. The van der Waals surface area contributed by atoms with E-state index in [-0.39, 0.29) is 6.54 Å². The van der Waals surface area contributed by atoms with Crippen LogP contribution in [0, 0.1) is 5.41 Å². The van der Waals surface area contributed by atoms with Crippen LogP contribution in [-0.2, 0) is 16.1 Å². The number of urea groups is 1. The molecule has 0 aliphatic carbocycles. The molecule has 1 aliphatic heterocycles. The van der Waals surface area contributed by atoms with Gasteiger partial charge in [-0.2, -0.15) is 0 Å². The zero-order valence-electron chi connectivity index (χ0n) is 9.52. The first kappa shape index (κ1) is 11.8. The number of imide groups is 2. The predicted molar refractivity (Wildman–Crippen MR) is 62.2 cm³/mol. The number of nitrogens with zero attached hydrogens (tertiary/aromatic N) is 1. The summed E-state index contributed by atoms with van der Waals surface area (Å²) < 4.78 is 0. The van der Waals surface area contributed by atoms with Gasteiger partial charge in [0.05, 0.1) is 6.54 Å². The van der Waals surface area contributed by atoms with Crippen LogP contribution >= 0.6 is 11.3 Å². The Morgan fingerprint density at radius 1 is 1.35 bits per heavy atom. The van der Waals surface area contributed by atoms with E-state index in [1.165, 1.54) is 25.2 Å². The third-order valence-corrected chi connectivity index (χ3v) is 3.57. The van der Waals surface area contributed by atoms with E-state index in [0.717, 1.165) is 9.78 Å². The van der Waals surface area contributed by atoms with E-state index in [4.69, 9.17) is 0 Å². The third-order valence-electron chi connectivity index (χ3n) is 2.71. The average Bonchev–Trinajstić information content (AvgIpc) is 2.75. The Kier molecular flexibility index (Phi) is 2.74. The highest BCUT2D eigenvalue weighted by Gasteiger charge is 2.46. The van der Waals surface area contributed by atoms with Crippen molar-refractivity contribution in [3.8, 4) is 0 Å². The molecule has 90 valence electrons. The van der Waals surface area contributed by atoms with E-state index < -0.39 is 23.3 Å². The van der Waals surface area contributed by atoms with Crippen molar-refractivity contribution >= 4 is 29.2 Å². The fraction of sp³-hybridized carbons (Fsp3) is 0.364. The maximum Gasteiger partial charge on any atom is 0.331 e. The first-order valence-electron chi connectivity index (χ1n) is 5.12. The summed E-state index contributed by atoms with van der Waals surface area (Å²) in [5.41, 5.74) is -1.19. The van der Waals surface area contributed by atoms with Gasteiger partial charge in [0.1, 0.15) is 5.41 Å². The molecular weight excluding hydrogens is 240 g/mol. The third kappa shape index (κ3) is 1.95. The zero-order valence-corrected chi connectivity index (χ0v) is 10.3. The molecule has 1 N–H and O–H groups in total. The number of nitrogens with one attached hydrogen (secondary N) is 1. The number of hydrogen-bond donors (Lipinski definition) is 1. The largest absolute Gasteiger partial charge is 0.331 e. The number of carbonyl (C=O) groups is 3. The number of rotatable bonds is 2. The van der Waals surface area contributed by atoms with Gasteiger partial charge in [-0.25, -0.2) is 4.79 Å². The van der Waals surface area contributed by atoms with Crippen molar-refractivity contribution in [3.63, 3.8) is 0 Å². The van der Waals surface area contributed by atoms with Gasteiger partial charge in [0.2, 0.25) is 11.8 Å². The van der Waals surface area contributed by atoms with Crippen molar-refractivity contribution in [2.45, 2.75) is 20.4 Å². The van der Waals surface area contributed by atoms with Crippen LogP contribution in [0.25, 0.3) is 0 Å². The minimum absolute atomic E-state index is 0.207. The van der Waals surface area contributed by atoms with E-state index in [0.29, 0.717) is 0 Å². The molecule has 1 aliphatic rings. The monoisotopic (exact) mass is 252 g/mol. The fourth-order valence-electron chi connectivity index (χ4n) is 1.55. The lowest BCUT2D eigenvalue weighted by atomic mass is 9.89. The molecular formula is C11H12N2O3S. The number of amides is 4. The van der Waals surface area contributed by atoms with Crippen LogP contribution in [0.15, 0.2) is 17.5 Å². The number of barbiturate groups is 1. The van der Waals surface area contributed by atoms with Crippen LogP contribution in [0.2, 0.25) is 0 Å². The van der Waals surface area contributed by atoms with Gasteiger partial charge in [0.15, 0.2) is 0 Å². The first-order valence-corrected chi connectivity index (χ1v) is 6.00. The lowest BCUT2D eigenvalue weighted by Gasteiger charge is -2.34. The quantitative estimate of drug-likeness (QED) is 0.808. The molecule has 4 amide bonds. The summed E-state index contributed by atoms with van der Waals surface area (Å²) >= 11 is 1.46. The second-order valence-corrected chi connectivity index (χ2v) is 5.39. The highest BCUT2D eigenvalue weighted by atomic mass is 32.1. The minimum atomic E-state index is -1.19. The summed E-state index contributed by atoms with van der Waals surface area (Å²) in [6.45, 7) is 3.23. The smallest absolute Gasteiger partial charge is 0.277 e. The van der Waals surface area contributed by atoms with E-state index in [1.807, 2.05) is 17.5 Å². The number of carbonyl (C=O) groups excluding carboxylic acids is 3. The lowest BCUT2D eigenvalue weighted by Crippen LogP contribution is -2.61. The van der Waals surface area contributed by atoms with Crippen LogP contribution in [-0.4, -0.2) is 22.7 Å². The maximum absolute atomic E-state index is 12.0. The standard InChI is InChI=1S/C11H12N2O3S/c1-11(2)8(14)12-10(16)13(9(11)15)6-7-4-3-5-17-7/h3-5H,6H2,1-2H3,(H,12,14,16). The van der Waals surface area contributed by atoms with Gasteiger partial charge >= 0.3 is 6.03 Å². The average molecular weight is 252 g/mol. The van der Waals surface area contributed by atoms with Crippen molar-refractivity contribution in [1.82, 2.24) is 10.2 Å². The molecule has 1 aromatic heterocycles. The molecule has 6 heteroatoms. The van der Waals surface area contributed by atoms with Crippen LogP contribution in [0.5, 0.6) is 0 Å². The van der Waals surface area contributed by atoms with Crippen molar-refractivity contribution in [2.75, 3.05) is 0 Å². The summed E-state index contributed by atoms with van der Waals surface area (Å²) in [7, 11) is 0. The molecule has 5 nitrogen and oxygen atoms in total. The Hall–Kier alpha value is -1.69. The summed E-state index contributed by atoms with van der Waals surface area (Å²) in [5, 5.41) is 4.07. The van der Waals surface area contributed by atoms with Gasteiger partial charge in [0, 0.05) is 4.88 Å². The van der Waals surface area contributed by atoms with Crippen LogP contribution in [0.1, 0.15) is 18.7 Å². The minimum Gasteiger partial charge on any atom is -0.277 e. The van der Waals surface area contributed by atoms with E-state index in [2.05, 4.69) is 5.32 Å². The molecule has 1 saturated heterocycles. The molecule has 0 radical (unpaired) electrons. The van der Waals surface area contributed by atoms with Crippen molar-refractivity contribution in [1.29, 1.82) is 0 Å². The van der Waals surface area contributed by atoms with Gasteiger partial charge in [-0.3, -0.25) is 19.8 Å². The SMILES string of the molecule is CC1(C)C(=O)NC(=O)N(Cc2cccs2)C1=O. The van der Waals surface area contributed by atoms with E-state index >= 15 is 0 Å². The zero-order chi connectivity index (χ0) is 12.6. The van der Waals surface area contributed by atoms with Gasteiger partial charge < -0.3 is 0 Å². The topological polar surface area (TPSA) is 66.5 Å². The number of hydrogen-bond acceptors (Lipinski definition) is 4. The second kappa shape index (κ2) is 3.96. The molecule has 0 aromatic carbocycles. The molecule has 17 heavy (non-hydrogen) atoms. The Morgan fingerprint density at radius 3 is 2.65 bits per heavy atom. The maximum atomic E-state index is 12.0. The normalized spacial score (nSPS) is 19.4. The highest BCUT2D eigenvalue weighted by molar-refractivity contribution is 7.09. The molecule has 0 saturated carbocycles. The molecule has 1 fully saturated rings. The van der Waals surface area contributed by atoms with E-state index in [1.54, 1.807) is 0 Å². The van der Waals surface area contributed by atoms with E-state index in [9.17, 15) is 14.4 Å². The molecule has 2 heterocycles. The molecule has 0 spiro atoms. The first-order chi connectivity index (χ1) is 7.93. The van der Waals surface area contributed by atoms with Crippen LogP contribution in [0.3, 0.4) is 0 Å². The fourth-order valence-corrected chi connectivity index (χ4v) is 2.24. The van der Waals surface area contributed by atoms with Gasteiger partial charge in [-0.15, -0.1) is 11.3 Å². The summed E-state index contributed by atoms with van der Waals surface area (Å²) in [4.78, 5) is 37.1. The Balaban J connectivity index is 2.25. The van der Waals surface area contributed by atoms with Crippen LogP contribution < -0.4 is 5.32 Å². The Bertz CT molecular complexity index is 479. The highest BCUT2D eigenvalue weighted by Crippen LogP contribution is 2.25. The Morgan fingerprint density at radius 2 is 2.06 bits per heavy atom. The molecule has 0 bridgehead atoms. The predicted octanol–water partition coefficient (Wildman–Crippen LogP) is 1.35. The van der Waals surface area contributed by atoms with Crippen molar-refractivity contribution in [2.24, 2.45) is 5.41 Å². The Labute approximate surface area is 102 Å². The van der Waals surface area contributed by atoms with Gasteiger partial charge in [-0.05, 0) is 25.3 Å². The summed E-state index contributed by atoms with van der Waals surface area (Å²) in [6.07, 6.45) is 0. The molecule has 2 rings (SSSR count). The molecule has 0 unspecified atom stereocenters. The molecule has 1 aromatic rings. The van der Waals surface area contributed by atoms with Gasteiger partial charge in [-0.1, -0.05) is 6.07 Å². The van der Waals surface area contributed by atoms with Crippen LogP contribution in [0.4, 0.5) is 4.79 Å². The second-order valence-electron chi connectivity index (χ2n) is 4.35. The molecule has 0 atom stereocenters.